The number of carbonyl (C=O) groups excluding carboxylic acids is 1. The monoisotopic (exact) mass is 366 g/mol. The van der Waals surface area contributed by atoms with Crippen molar-refractivity contribution in [2.45, 2.75) is 57.8 Å². The molecule has 0 unspecified atom stereocenters. The van der Waals surface area contributed by atoms with E-state index in [-0.39, 0.29) is 31.8 Å². The fraction of sp³-hybridized carbons (Fsp3) is 0.737. The van der Waals surface area contributed by atoms with E-state index in [2.05, 4.69) is 28.7 Å². The van der Waals surface area contributed by atoms with Crippen LogP contribution < -0.4 is 4.90 Å². The summed E-state index contributed by atoms with van der Waals surface area (Å²) in [6, 6.07) is 1.94. The molecule has 144 valence electrons. The second-order valence-corrected chi connectivity index (χ2v) is 7.80. The van der Waals surface area contributed by atoms with Gasteiger partial charge in [0.2, 0.25) is 5.91 Å². The van der Waals surface area contributed by atoms with Gasteiger partial charge < -0.3 is 9.80 Å². The summed E-state index contributed by atoms with van der Waals surface area (Å²) in [5.41, 5.74) is 0. The number of carbonyl (C=O) groups is 1. The molecule has 2 aliphatic heterocycles. The molecule has 5 nitrogen and oxygen atoms in total. The van der Waals surface area contributed by atoms with Crippen molar-refractivity contribution in [3.05, 3.63) is 18.1 Å². The number of nitrogens with zero attached hydrogens (tertiary/aromatic N) is 4. The summed E-state index contributed by atoms with van der Waals surface area (Å²) in [7, 11) is 0. The van der Waals surface area contributed by atoms with Crippen LogP contribution in [0.2, 0.25) is 0 Å². The Bertz CT molecular complexity index is 620. The molecular weight excluding hydrogens is 338 g/mol. The van der Waals surface area contributed by atoms with Crippen molar-refractivity contribution in [1.82, 2.24) is 14.9 Å². The van der Waals surface area contributed by atoms with Gasteiger partial charge in [0.05, 0.1) is 0 Å². The van der Waals surface area contributed by atoms with Gasteiger partial charge in [0.15, 0.2) is 0 Å². The number of hydrogen-bond acceptors (Lipinski definition) is 4. The molecule has 0 radical (unpaired) electrons. The summed E-state index contributed by atoms with van der Waals surface area (Å²) in [4.78, 5) is 25.2. The number of piperidine rings is 2. The molecule has 0 bridgehead atoms. The maximum atomic E-state index is 13.2. The first-order valence-electron chi connectivity index (χ1n) is 9.57. The summed E-state index contributed by atoms with van der Waals surface area (Å²) in [5.74, 6) is -0.153. The lowest BCUT2D eigenvalue weighted by molar-refractivity contribution is -0.138. The van der Waals surface area contributed by atoms with Gasteiger partial charge in [-0.2, -0.15) is 0 Å². The fourth-order valence-electron chi connectivity index (χ4n) is 3.64. The van der Waals surface area contributed by atoms with E-state index in [0.717, 1.165) is 37.6 Å². The van der Waals surface area contributed by atoms with Crippen molar-refractivity contribution in [3.63, 3.8) is 0 Å². The first kappa shape index (κ1) is 19.0. The highest BCUT2D eigenvalue weighted by Gasteiger charge is 2.36. The average Bonchev–Trinajstić information content (AvgIpc) is 2.62. The van der Waals surface area contributed by atoms with E-state index < -0.39 is 5.92 Å². The SMILES string of the molecule is CC(C)c1nccc(N2CCC(CC(=O)N3CCC(F)(F)CC3)CC2)n1. The smallest absolute Gasteiger partial charge is 0.251 e. The fourth-order valence-corrected chi connectivity index (χ4v) is 3.64. The zero-order chi connectivity index (χ0) is 18.7. The summed E-state index contributed by atoms with van der Waals surface area (Å²) in [5, 5.41) is 0. The van der Waals surface area contributed by atoms with Crippen LogP contribution in [0.25, 0.3) is 0 Å². The normalized spacial score (nSPS) is 21.3. The molecule has 7 heteroatoms. The van der Waals surface area contributed by atoms with Crippen LogP contribution in [-0.2, 0) is 4.79 Å². The lowest BCUT2D eigenvalue weighted by Crippen LogP contribution is -2.44. The van der Waals surface area contributed by atoms with Gasteiger partial charge in [-0.25, -0.2) is 18.7 Å². The minimum absolute atomic E-state index is 0.0306. The molecule has 1 aromatic rings. The highest BCUT2D eigenvalue weighted by molar-refractivity contribution is 5.76. The van der Waals surface area contributed by atoms with E-state index in [1.165, 1.54) is 0 Å². The highest BCUT2D eigenvalue weighted by Crippen LogP contribution is 2.30. The van der Waals surface area contributed by atoms with Crippen LogP contribution >= 0.6 is 0 Å². The van der Waals surface area contributed by atoms with E-state index >= 15 is 0 Å². The number of anilines is 1. The number of aromatic nitrogens is 2. The Morgan fingerprint density at radius 3 is 2.50 bits per heavy atom. The van der Waals surface area contributed by atoms with Crippen LogP contribution in [0.3, 0.4) is 0 Å². The molecule has 0 N–H and O–H groups in total. The average molecular weight is 366 g/mol. The van der Waals surface area contributed by atoms with Crippen LogP contribution in [0.4, 0.5) is 14.6 Å². The standard InChI is InChI=1S/C19H28F2N4O/c1-14(2)18-22-8-3-16(23-18)24-9-4-15(5-10-24)13-17(26)25-11-6-19(20,21)7-12-25/h3,8,14-15H,4-7,9-13H2,1-2H3. The van der Waals surface area contributed by atoms with Crippen molar-refractivity contribution in [2.75, 3.05) is 31.1 Å². The highest BCUT2D eigenvalue weighted by atomic mass is 19.3. The molecule has 3 rings (SSSR count). The Labute approximate surface area is 153 Å². The molecule has 2 aliphatic rings. The molecule has 26 heavy (non-hydrogen) atoms. The number of hydrogen-bond donors (Lipinski definition) is 0. The van der Waals surface area contributed by atoms with Crippen LogP contribution in [0.5, 0.6) is 0 Å². The van der Waals surface area contributed by atoms with Crippen LogP contribution in [-0.4, -0.2) is 52.9 Å². The van der Waals surface area contributed by atoms with Gasteiger partial charge in [0.1, 0.15) is 11.6 Å². The second-order valence-electron chi connectivity index (χ2n) is 7.80. The molecule has 3 heterocycles. The number of amides is 1. The molecule has 1 amide bonds. The van der Waals surface area contributed by atoms with E-state index in [1.54, 1.807) is 11.1 Å². The first-order valence-corrected chi connectivity index (χ1v) is 9.57. The maximum absolute atomic E-state index is 13.2. The van der Waals surface area contributed by atoms with E-state index in [9.17, 15) is 13.6 Å². The minimum atomic E-state index is -2.60. The third-order valence-electron chi connectivity index (χ3n) is 5.43. The van der Waals surface area contributed by atoms with Crippen molar-refractivity contribution >= 4 is 11.7 Å². The van der Waals surface area contributed by atoms with Gasteiger partial charge in [-0.1, -0.05) is 13.8 Å². The Hall–Kier alpha value is -1.79. The van der Waals surface area contributed by atoms with Crippen molar-refractivity contribution < 1.29 is 13.6 Å². The molecule has 2 saturated heterocycles. The van der Waals surface area contributed by atoms with Crippen molar-refractivity contribution in [3.8, 4) is 0 Å². The quantitative estimate of drug-likeness (QED) is 0.819. The zero-order valence-corrected chi connectivity index (χ0v) is 15.6. The molecule has 0 saturated carbocycles. The van der Waals surface area contributed by atoms with E-state index in [4.69, 9.17) is 0 Å². The van der Waals surface area contributed by atoms with Crippen molar-refractivity contribution in [1.29, 1.82) is 0 Å². The van der Waals surface area contributed by atoms with Gasteiger partial charge in [-0.15, -0.1) is 0 Å². The molecule has 1 aromatic heterocycles. The third kappa shape index (κ3) is 4.68. The predicted octanol–water partition coefficient (Wildman–Crippen LogP) is 3.46. The van der Waals surface area contributed by atoms with Crippen LogP contribution in [0, 0.1) is 5.92 Å². The van der Waals surface area contributed by atoms with Gasteiger partial charge in [-0.3, -0.25) is 4.79 Å². The number of halogens is 2. The van der Waals surface area contributed by atoms with Gasteiger partial charge in [0.25, 0.3) is 5.92 Å². The Balaban J connectivity index is 1.48. The molecule has 2 fully saturated rings. The van der Waals surface area contributed by atoms with Gasteiger partial charge in [-0.05, 0) is 24.8 Å². The molecular formula is C19H28F2N4O. The van der Waals surface area contributed by atoms with E-state index in [0.29, 0.717) is 18.3 Å². The summed E-state index contributed by atoms with van der Waals surface area (Å²) < 4.78 is 26.5. The predicted molar refractivity (Wildman–Crippen MR) is 96.4 cm³/mol. The molecule has 0 spiro atoms. The summed E-state index contributed by atoms with van der Waals surface area (Å²) in [6.45, 7) is 6.25. The van der Waals surface area contributed by atoms with E-state index in [1.807, 2.05) is 6.07 Å². The second kappa shape index (κ2) is 7.84. The lowest BCUT2D eigenvalue weighted by atomic mass is 9.92. The summed E-state index contributed by atoms with van der Waals surface area (Å²) in [6.07, 6.45) is 3.72. The molecule has 0 aromatic carbocycles. The zero-order valence-electron chi connectivity index (χ0n) is 15.6. The first-order chi connectivity index (χ1) is 12.3. The summed E-state index contributed by atoms with van der Waals surface area (Å²) >= 11 is 0. The minimum Gasteiger partial charge on any atom is -0.356 e. The van der Waals surface area contributed by atoms with Gasteiger partial charge >= 0.3 is 0 Å². The Morgan fingerprint density at radius 1 is 1.23 bits per heavy atom. The lowest BCUT2D eigenvalue weighted by Gasteiger charge is -2.35. The Morgan fingerprint density at radius 2 is 1.88 bits per heavy atom. The molecule has 0 atom stereocenters. The van der Waals surface area contributed by atoms with Crippen LogP contribution in [0.15, 0.2) is 12.3 Å². The number of rotatable bonds is 4. The molecule has 0 aliphatic carbocycles. The Kier molecular flexibility index (Phi) is 5.73. The third-order valence-corrected chi connectivity index (χ3v) is 5.43. The maximum Gasteiger partial charge on any atom is 0.251 e. The number of likely N-dealkylation sites (tertiary alicyclic amines) is 1. The number of alkyl halides is 2. The van der Waals surface area contributed by atoms with Crippen molar-refractivity contribution in [2.24, 2.45) is 5.92 Å². The largest absolute Gasteiger partial charge is 0.356 e. The van der Waals surface area contributed by atoms with Crippen LogP contribution in [0.1, 0.15) is 57.7 Å². The van der Waals surface area contributed by atoms with Gasteiger partial charge in [0, 0.05) is 57.6 Å². The topological polar surface area (TPSA) is 49.3 Å².